The largest absolute Gasteiger partial charge is 0.497 e. The van der Waals surface area contributed by atoms with Crippen LogP contribution in [0.15, 0.2) is 24.3 Å². The lowest BCUT2D eigenvalue weighted by Crippen LogP contribution is -2.45. The fourth-order valence-electron chi connectivity index (χ4n) is 2.67. The predicted molar refractivity (Wildman–Crippen MR) is 95.2 cm³/mol. The first-order chi connectivity index (χ1) is 13.0. The summed E-state index contributed by atoms with van der Waals surface area (Å²) in [6, 6.07) is 5.90. The van der Waals surface area contributed by atoms with Crippen LogP contribution in [0.1, 0.15) is 36.0 Å². The second kappa shape index (κ2) is 10.1. The van der Waals surface area contributed by atoms with Gasteiger partial charge in [-0.3, -0.25) is 19.7 Å². The minimum Gasteiger partial charge on any atom is -0.497 e. The van der Waals surface area contributed by atoms with Crippen LogP contribution >= 0.6 is 0 Å². The highest BCUT2D eigenvalue weighted by Crippen LogP contribution is 2.17. The van der Waals surface area contributed by atoms with Crippen LogP contribution in [0, 0.1) is 0 Å². The molecule has 0 aromatic heterocycles. The van der Waals surface area contributed by atoms with E-state index in [0.29, 0.717) is 11.3 Å². The van der Waals surface area contributed by atoms with Crippen LogP contribution in [-0.2, 0) is 14.3 Å². The van der Waals surface area contributed by atoms with Gasteiger partial charge in [0.05, 0.1) is 7.11 Å². The fraction of sp³-hybridized carbons (Fsp3) is 0.444. The molecule has 1 fully saturated rings. The number of nitrogens with one attached hydrogen (secondary N) is 3. The Balaban J connectivity index is 1.65. The van der Waals surface area contributed by atoms with Crippen LogP contribution < -0.4 is 20.7 Å². The molecule has 2 rings (SSSR count). The third-order valence-electron chi connectivity index (χ3n) is 4.03. The number of carbonyl (C=O) groups is 4. The molecule has 27 heavy (non-hydrogen) atoms. The molecule has 0 aliphatic heterocycles. The summed E-state index contributed by atoms with van der Waals surface area (Å²) in [5, 5.41) is 7.17. The number of esters is 1. The zero-order valence-corrected chi connectivity index (χ0v) is 15.1. The summed E-state index contributed by atoms with van der Waals surface area (Å²) in [6.45, 7) is -1.01. The highest BCUT2D eigenvalue weighted by atomic mass is 16.5. The molecule has 4 amide bonds. The summed E-state index contributed by atoms with van der Waals surface area (Å²) in [7, 11) is 1.48. The second-order valence-electron chi connectivity index (χ2n) is 6.08. The molecule has 1 aromatic carbocycles. The molecule has 0 heterocycles. The Hall–Kier alpha value is -3.10. The molecule has 0 radical (unpaired) electrons. The summed E-state index contributed by atoms with van der Waals surface area (Å²) in [5.41, 5.74) is 0.323. The molecule has 3 N–H and O–H groups in total. The van der Waals surface area contributed by atoms with Crippen molar-refractivity contribution in [2.45, 2.75) is 31.7 Å². The van der Waals surface area contributed by atoms with E-state index in [4.69, 9.17) is 9.47 Å². The molecular formula is C18H23N3O6. The van der Waals surface area contributed by atoms with Gasteiger partial charge in [-0.15, -0.1) is 0 Å². The molecule has 0 unspecified atom stereocenters. The number of hydrogen-bond donors (Lipinski definition) is 3. The lowest BCUT2D eigenvalue weighted by molar-refractivity contribution is -0.147. The summed E-state index contributed by atoms with van der Waals surface area (Å²) >= 11 is 0. The van der Waals surface area contributed by atoms with E-state index < -0.39 is 37.0 Å². The summed E-state index contributed by atoms with van der Waals surface area (Å²) < 4.78 is 9.76. The number of methoxy groups -OCH3 is 1. The number of rotatable bonds is 7. The van der Waals surface area contributed by atoms with Crippen molar-refractivity contribution in [1.82, 2.24) is 16.0 Å². The predicted octanol–water partition coefficient (Wildman–Crippen LogP) is 0.737. The zero-order chi connectivity index (χ0) is 19.6. The van der Waals surface area contributed by atoms with Crippen molar-refractivity contribution in [2.75, 3.05) is 20.3 Å². The van der Waals surface area contributed by atoms with Crippen LogP contribution in [-0.4, -0.2) is 50.1 Å². The fourth-order valence-corrected chi connectivity index (χ4v) is 2.67. The number of carbonyl (C=O) groups excluding carboxylic acids is 4. The van der Waals surface area contributed by atoms with Crippen molar-refractivity contribution in [3.8, 4) is 5.75 Å². The van der Waals surface area contributed by atoms with E-state index in [1.165, 1.54) is 13.2 Å². The highest BCUT2D eigenvalue weighted by Gasteiger charge is 2.18. The molecule has 146 valence electrons. The van der Waals surface area contributed by atoms with E-state index >= 15 is 0 Å². The maximum atomic E-state index is 12.0. The van der Waals surface area contributed by atoms with E-state index in [1.54, 1.807) is 18.2 Å². The van der Waals surface area contributed by atoms with Crippen LogP contribution in [0.4, 0.5) is 4.79 Å². The van der Waals surface area contributed by atoms with Gasteiger partial charge in [-0.05, 0) is 31.0 Å². The van der Waals surface area contributed by atoms with E-state index in [-0.39, 0.29) is 6.04 Å². The number of hydrogen-bond acceptors (Lipinski definition) is 6. The molecule has 9 heteroatoms. The van der Waals surface area contributed by atoms with Crippen LogP contribution in [0.5, 0.6) is 5.75 Å². The molecule has 9 nitrogen and oxygen atoms in total. The Morgan fingerprint density at radius 3 is 2.59 bits per heavy atom. The SMILES string of the molecule is COc1cccc(C(=O)NCC(=O)OCC(=O)NC(=O)NC2CCCC2)c1. The Kier molecular flexibility index (Phi) is 7.60. The van der Waals surface area contributed by atoms with Crippen molar-refractivity contribution in [3.05, 3.63) is 29.8 Å². The van der Waals surface area contributed by atoms with Crippen LogP contribution in [0.25, 0.3) is 0 Å². The maximum Gasteiger partial charge on any atom is 0.325 e. The molecule has 1 saturated carbocycles. The molecule has 0 spiro atoms. The number of imide groups is 1. The number of benzene rings is 1. The third-order valence-corrected chi connectivity index (χ3v) is 4.03. The first-order valence-electron chi connectivity index (χ1n) is 8.66. The van der Waals surface area contributed by atoms with Crippen molar-refractivity contribution in [3.63, 3.8) is 0 Å². The van der Waals surface area contributed by atoms with Crippen molar-refractivity contribution >= 4 is 23.8 Å². The number of amides is 4. The minimum absolute atomic E-state index is 0.0761. The van der Waals surface area contributed by atoms with Gasteiger partial charge in [0.1, 0.15) is 12.3 Å². The minimum atomic E-state index is -0.794. The average Bonchev–Trinajstić information content (AvgIpc) is 3.17. The second-order valence-corrected chi connectivity index (χ2v) is 6.08. The van der Waals surface area contributed by atoms with Crippen LogP contribution in [0.3, 0.4) is 0 Å². The van der Waals surface area contributed by atoms with Crippen molar-refractivity contribution < 1.29 is 28.7 Å². The van der Waals surface area contributed by atoms with Gasteiger partial charge in [0.2, 0.25) is 0 Å². The lowest BCUT2D eigenvalue weighted by Gasteiger charge is -2.12. The van der Waals surface area contributed by atoms with Crippen molar-refractivity contribution in [2.24, 2.45) is 0 Å². The summed E-state index contributed by atoms with van der Waals surface area (Å²) in [4.78, 5) is 46.8. The lowest BCUT2D eigenvalue weighted by atomic mass is 10.2. The van der Waals surface area contributed by atoms with E-state index in [1.807, 2.05) is 0 Å². The smallest absolute Gasteiger partial charge is 0.325 e. The normalized spacial score (nSPS) is 13.5. The van der Waals surface area contributed by atoms with E-state index in [0.717, 1.165) is 25.7 Å². The molecule has 0 bridgehead atoms. The quantitative estimate of drug-likeness (QED) is 0.602. The number of ether oxygens (including phenoxy) is 2. The standard InChI is InChI=1S/C18H23N3O6/c1-26-14-8-4-5-12(9-14)17(24)19-10-16(23)27-11-15(22)21-18(25)20-13-6-2-3-7-13/h4-5,8-9,13H,2-3,6-7,10-11H2,1H3,(H,19,24)(H2,20,21,22,25). The Morgan fingerprint density at radius 2 is 1.89 bits per heavy atom. The van der Waals surface area contributed by atoms with E-state index in [2.05, 4.69) is 16.0 Å². The van der Waals surface area contributed by atoms with Gasteiger partial charge in [-0.1, -0.05) is 18.9 Å². The zero-order valence-electron chi connectivity index (χ0n) is 15.1. The van der Waals surface area contributed by atoms with Gasteiger partial charge < -0.3 is 20.1 Å². The van der Waals surface area contributed by atoms with Crippen molar-refractivity contribution in [1.29, 1.82) is 0 Å². The molecule has 1 aromatic rings. The topological polar surface area (TPSA) is 123 Å². The third kappa shape index (κ3) is 6.96. The molecule has 0 atom stereocenters. The molecule has 0 saturated heterocycles. The van der Waals surface area contributed by atoms with Crippen LogP contribution in [0.2, 0.25) is 0 Å². The summed E-state index contributed by atoms with van der Waals surface area (Å²) in [5.74, 6) is -1.50. The first kappa shape index (κ1) is 20.2. The van der Waals surface area contributed by atoms with Gasteiger partial charge in [-0.25, -0.2) is 4.79 Å². The Bertz CT molecular complexity index is 700. The van der Waals surface area contributed by atoms with Gasteiger partial charge >= 0.3 is 12.0 Å². The summed E-state index contributed by atoms with van der Waals surface area (Å²) in [6.07, 6.45) is 3.89. The average molecular weight is 377 g/mol. The van der Waals surface area contributed by atoms with Gasteiger partial charge in [0.15, 0.2) is 6.61 Å². The van der Waals surface area contributed by atoms with Gasteiger partial charge in [0, 0.05) is 11.6 Å². The molecule has 1 aliphatic rings. The van der Waals surface area contributed by atoms with Gasteiger partial charge in [0.25, 0.3) is 11.8 Å². The monoisotopic (exact) mass is 377 g/mol. The maximum absolute atomic E-state index is 12.0. The van der Waals surface area contributed by atoms with Gasteiger partial charge in [-0.2, -0.15) is 0 Å². The first-order valence-corrected chi connectivity index (χ1v) is 8.66. The Morgan fingerprint density at radius 1 is 1.15 bits per heavy atom. The molecular weight excluding hydrogens is 354 g/mol. The van der Waals surface area contributed by atoms with E-state index in [9.17, 15) is 19.2 Å². The molecule has 1 aliphatic carbocycles. The Labute approximate surface area is 156 Å². The number of urea groups is 1. The highest BCUT2D eigenvalue weighted by molar-refractivity contribution is 5.97.